The van der Waals surface area contributed by atoms with Crippen molar-refractivity contribution in [3.05, 3.63) is 51.9 Å². The molecule has 0 aliphatic heterocycles. The minimum absolute atomic E-state index is 0.0556. The van der Waals surface area contributed by atoms with Crippen LogP contribution in [0.1, 0.15) is 35.1 Å². The summed E-state index contributed by atoms with van der Waals surface area (Å²) in [4.78, 5) is 11.5. The molecule has 0 bridgehead atoms. The van der Waals surface area contributed by atoms with Gasteiger partial charge in [-0.25, -0.2) is 9.97 Å². The topological polar surface area (TPSA) is 42.7 Å². The highest BCUT2D eigenvalue weighted by atomic mass is 32.1. The van der Waals surface area contributed by atoms with Crippen LogP contribution >= 0.6 is 11.3 Å². The molecule has 6 heteroatoms. The lowest BCUT2D eigenvalue weighted by Gasteiger charge is -2.15. The molecular formula is C17H22N4OS. The maximum absolute atomic E-state index is 5.33. The van der Waals surface area contributed by atoms with Gasteiger partial charge in [0.1, 0.15) is 16.8 Å². The fourth-order valence-corrected chi connectivity index (χ4v) is 3.47. The van der Waals surface area contributed by atoms with Crippen LogP contribution in [0.5, 0.6) is 0 Å². The van der Waals surface area contributed by atoms with E-state index in [1.807, 2.05) is 25.1 Å². The number of aryl methyl sites for hydroxylation is 1. The molecule has 3 rings (SSSR count). The number of imidazole rings is 1. The zero-order valence-electron chi connectivity index (χ0n) is 14.0. The van der Waals surface area contributed by atoms with Crippen molar-refractivity contribution in [3.8, 4) is 0 Å². The van der Waals surface area contributed by atoms with Crippen molar-refractivity contribution < 1.29 is 4.74 Å². The van der Waals surface area contributed by atoms with E-state index in [-0.39, 0.29) is 6.10 Å². The number of fused-ring (bicyclic) bond motifs is 1. The molecule has 0 unspecified atom stereocenters. The van der Waals surface area contributed by atoms with Crippen molar-refractivity contribution in [2.45, 2.75) is 33.0 Å². The van der Waals surface area contributed by atoms with Gasteiger partial charge in [0.25, 0.3) is 0 Å². The second kappa shape index (κ2) is 6.78. The molecule has 5 nitrogen and oxygen atoms in total. The highest BCUT2D eigenvalue weighted by Crippen LogP contribution is 2.21. The molecule has 1 atom stereocenters. The molecule has 3 aromatic heterocycles. The molecule has 0 N–H and O–H groups in total. The normalized spacial score (nSPS) is 13.1. The van der Waals surface area contributed by atoms with E-state index in [1.54, 1.807) is 18.4 Å². The highest BCUT2D eigenvalue weighted by molar-refractivity contribution is 7.09. The molecule has 122 valence electrons. The second-order valence-electron chi connectivity index (χ2n) is 5.80. The van der Waals surface area contributed by atoms with Gasteiger partial charge in [-0.1, -0.05) is 6.07 Å². The quantitative estimate of drug-likeness (QED) is 0.694. The first-order valence-electron chi connectivity index (χ1n) is 7.66. The van der Waals surface area contributed by atoms with Gasteiger partial charge in [0.15, 0.2) is 0 Å². The summed E-state index contributed by atoms with van der Waals surface area (Å²) in [5.74, 6) is 0. The van der Waals surface area contributed by atoms with Gasteiger partial charge in [-0.05, 0) is 33.0 Å². The average molecular weight is 330 g/mol. The van der Waals surface area contributed by atoms with Crippen LogP contribution in [0.4, 0.5) is 0 Å². The van der Waals surface area contributed by atoms with Crippen LogP contribution < -0.4 is 0 Å². The van der Waals surface area contributed by atoms with E-state index in [9.17, 15) is 0 Å². The van der Waals surface area contributed by atoms with Gasteiger partial charge in [0.05, 0.1) is 17.1 Å². The molecule has 0 aromatic carbocycles. The number of rotatable bonds is 6. The Morgan fingerprint density at radius 2 is 2.13 bits per heavy atom. The first kappa shape index (κ1) is 16.1. The monoisotopic (exact) mass is 330 g/mol. The van der Waals surface area contributed by atoms with Crippen LogP contribution in [0.25, 0.3) is 5.65 Å². The summed E-state index contributed by atoms with van der Waals surface area (Å²) in [6.45, 7) is 5.74. The lowest BCUT2D eigenvalue weighted by molar-refractivity contribution is 0.119. The maximum Gasteiger partial charge on any atom is 0.137 e. The summed E-state index contributed by atoms with van der Waals surface area (Å²) in [5.41, 5.74) is 4.39. The Labute approximate surface area is 140 Å². The van der Waals surface area contributed by atoms with Crippen LogP contribution in [-0.4, -0.2) is 33.4 Å². The molecule has 0 fully saturated rings. The zero-order valence-corrected chi connectivity index (χ0v) is 14.8. The van der Waals surface area contributed by atoms with E-state index >= 15 is 0 Å². The molecule has 3 heterocycles. The van der Waals surface area contributed by atoms with Gasteiger partial charge in [0.2, 0.25) is 0 Å². The van der Waals surface area contributed by atoms with Gasteiger partial charge in [-0.2, -0.15) is 0 Å². The fraction of sp³-hybridized carbons (Fsp3) is 0.412. The number of hydrogen-bond acceptors (Lipinski definition) is 5. The number of methoxy groups -OCH3 is 1. The van der Waals surface area contributed by atoms with Crippen LogP contribution in [0.3, 0.4) is 0 Å². The largest absolute Gasteiger partial charge is 0.375 e. The molecule has 0 spiro atoms. The van der Waals surface area contributed by atoms with Crippen LogP contribution in [-0.2, 0) is 17.8 Å². The van der Waals surface area contributed by atoms with Crippen LogP contribution in [0, 0.1) is 6.92 Å². The summed E-state index contributed by atoms with van der Waals surface area (Å²) < 4.78 is 7.48. The summed E-state index contributed by atoms with van der Waals surface area (Å²) in [6, 6.07) is 6.09. The van der Waals surface area contributed by atoms with Gasteiger partial charge in [0, 0.05) is 31.8 Å². The number of ether oxygens (including phenoxy) is 1. The SMILES string of the molecule is CO[C@@H](C)c1nc(CN(C)Cc2c(C)nc3ccccn23)cs1. The number of aromatic nitrogens is 3. The Bertz CT molecular complexity index is 795. The predicted molar refractivity (Wildman–Crippen MR) is 92.6 cm³/mol. The molecule has 0 aliphatic rings. The van der Waals surface area contributed by atoms with Crippen molar-refractivity contribution in [3.63, 3.8) is 0 Å². The van der Waals surface area contributed by atoms with E-state index in [0.29, 0.717) is 0 Å². The summed E-state index contributed by atoms with van der Waals surface area (Å²) >= 11 is 1.66. The molecular weight excluding hydrogens is 308 g/mol. The smallest absolute Gasteiger partial charge is 0.137 e. The minimum atomic E-state index is 0.0556. The van der Waals surface area contributed by atoms with Crippen molar-refractivity contribution in [1.29, 1.82) is 0 Å². The Morgan fingerprint density at radius 1 is 1.30 bits per heavy atom. The van der Waals surface area contributed by atoms with E-state index < -0.39 is 0 Å². The number of nitrogens with zero attached hydrogens (tertiary/aromatic N) is 4. The van der Waals surface area contributed by atoms with Gasteiger partial charge in [-0.15, -0.1) is 11.3 Å². The first-order chi connectivity index (χ1) is 11.1. The van der Waals surface area contributed by atoms with Crippen molar-refractivity contribution in [2.75, 3.05) is 14.2 Å². The first-order valence-corrected chi connectivity index (χ1v) is 8.54. The maximum atomic E-state index is 5.33. The molecule has 0 saturated carbocycles. The van der Waals surface area contributed by atoms with Crippen LogP contribution in [0.2, 0.25) is 0 Å². The molecule has 23 heavy (non-hydrogen) atoms. The third kappa shape index (κ3) is 3.44. The Morgan fingerprint density at radius 3 is 2.91 bits per heavy atom. The van der Waals surface area contributed by atoms with Gasteiger partial charge in [-0.3, -0.25) is 4.90 Å². The van der Waals surface area contributed by atoms with E-state index in [2.05, 4.69) is 44.8 Å². The average Bonchev–Trinajstić information content (AvgIpc) is 3.12. The lowest BCUT2D eigenvalue weighted by atomic mass is 10.3. The summed E-state index contributed by atoms with van der Waals surface area (Å²) in [7, 11) is 3.83. The summed E-state index contributed by atoms with van der Waals surface area (Å²) in [6.07, 6.45) is 2.12. The molecule has 0 amide bonds. The van der Waals surface area contributed by atoms with E-state index in [1.165, 1.54) is 5.69 Å². The third-order valence-electron chi connectivity index (χ3n) is 3.95. The lowest BCUT2D eigenvalue weighted by Crippen LogP contribution is -2.19. The fourth-order valence-electron chi connectivity index (χ4n) is 2.63. The number of pyridine rings is 1. The van der Waals surface area contributed by atoms with E-state index in [0.717, 1.165) is 35.1 Å². The second-order valence-corrected chi connectivity index (χ2v) is 6.69. The molecule has 0 aliphatic carbocycles. The highest BCUT2D eigenvalue weighted by Gasteiger charge is 2.13. The van der Waals surface area contributed by atoms with Crippen LogP contribution in [0.15, 0.2) is 29.8 Å². The van der Waals surface area contributed by atoms with Crippen molar-refractivity contribution >= 4 is 17.0 Å². The molecule has 0 saturated heterocycles. The third-order valence-corrected chi connectivity index (χ3v) is 5.01. The van der Waals surface area contributed by atoms with Gasteiger partial charge < -0.3 is 9.14 Å². The van der Waals surface area contributed by atoms with Gasteiger partial charge >= 0.3 is 0 Å². The Balaban J connectivity index is 1.72. The number of hydrogen-bond donors (Lipinski definition) is 0. The number of thiazole rings is 1. The minimum Gasteiger partial charge on any atom is -0.375 e. The van der Waals surface area contributed by atoms with Crippen molar-refractivity contribution in [2.24, 2.45) is 0 Å². The molecule has 0 radical (unpaired) electrons. The van der Waals surface area contributed by atoms with E-state index in [4.69, 9.17) is 4.74 Å². The zero-order chi connectivity index (χ0) is 16.4. The Kier molecular flexibility index (Phi) is 4.75. The predicted octanol–water partition coefficient (Wildman–Crippen LogP) is 3.44. The van der Waals surface area contributed by atoms with Crippen molar-refractivity contribution in [1.82, 2.24) is 19.3 Å². The summed E-state index contributed by atoms with van der Waals surface area (Å²) in [5, 5.41) is 3.14. The molecule has 3 aromatic rings. The standard InChI is InChI=1S/C17H22N4OS/c1-12-15(21-8-6-5-7-16(21)18-12)10-20(3)9-14-11-23-17(19-14)13(2)22-4/h5-8,11,13H,9-10H2,1-4H3/t13-/m0/s1. The Hall–Kier alpha value is -1.76.